The van der Waals surface area contributed by atoms with Gasteiger partial charge in [0, 0.05) is 19.2 Å². The van der Waals surface area contributed by atoms with E-state index in [0.29, 0.717) is 19.7 Å². The summed E-state index contributed by atoms with van der Waals surface area (Å²) in [5, 5.41) is 0. The Kier molecular flexibility index (Phi) is 7.75. The molecule has 0 fully saturated rings. The third kappa shape index (κ3) is 5.99. The lowest BCUT2D eigenvalue weighted by Crippen LogP contribution is -2.31. The molecule has 0 aromatic heterocycles. The van der Waals surface area contributed by atoms with Gasteiger partial charge in [-0.1, -0.05) is 12.1 Å². The monoisotopic (exact) mass is 305 g/mol. The quantitative estimate of drug-likeness (QED) is 0.547. The number of benzene rings is 1. The molecular formula is C17H23NO4. The fourth-order valence-corrected chi connectivity index (χ4v) is 1.87. The minimum atomic E-state index is -0.318. The van der Waals surface area contributed by atoms with Crippen LogP contribution in [0.2, 0.25) is 0 Å². The van der Waals surface area contributed by atoms with Gasteiger partial charge in [0.2, 0.25) is 5.91 Å². The number of likely N-dealkylation sites (N-methyl/N-ethyl adjacent to an activating group) is 1. The average Bonchev–Trinajstić information content (AvgIpc) is 2.54. The van der Waals surface area contributed by atoms with Crippen LogP contribution in [0, 0.1) is 0 Å². The second kappa shape index (κ2) is 9.60. The normalized spacial score (nSPS) is 10.5. The number of esters is 1. The van der Waals surface area contributed by atoms with Crippen molar-refractivity contribution in [1.29, 1.82) is 0 Å². The van der Waals surface area contributed by atoms with Crippen molar-refractivity contribution in [3.63, 3.8) is 0 Å². The van der Waals surface area contributed by atoms with E-state index in [2.05, 4.69) is 4.74 Å². The zero-order valence-corrected chi connectivity index (χ0v) is 13.4. The molecule has 1 rings (SSSR count). The Bertz CT molecular complexity index is 508. The molecule has 1 aromatic carbocycles. The number of carbonyl (C=O) groups is 2. The highest BCUT2D eigenvalue weighted by atomic mass is 16.5. The molecule has 0 aliphatic rings. The molecule has 0 unspecified atom stereocenters. The van der Waals surface area contributed by atoms with Gasteiger partial charge in [-0.25, -0.2) is 0 Å². The summed E-state index contributed by atoms with van der Waals surface area (Å²) in [7, 11) is 1.34. The SMILES string of the molecule is CCOc1ccc(/C=C/C(=O)N(CC)CCC(=O)OC)cc1. The summed E-state index contributed by atoms with van der Waals surface area (Å²) in [6, 6.07) is 7.50. The lowest BCUT2D eigenvalue weighted by atomic mass is 10.2. The van der Waals surface area contributed by atoms with Gasteiger partial charge in [-0.3, -0.25) is 9.59 Å². The van der Waals surface area contributed by atoms with Gasteiger partial charge in [-0.2, -0.15) is 0 Å². The van der Waals surface area contributed by atoms with E-state index in [4.69, 9.17) is 4.74 Å². The van der Waals surface area contributed by atoms with E-state index in [9.17, 15) is 9.59 Å². The fourth-order valence-electron chi connectivity index (χ4n) is 1.87. The highest BCUT2D eigenvalue weighted by molar-refractivity contribution is 5.92. The summed E-state index contributed by atoms with van der Waals surface area (Å²) < 4.78 is 9.94. The van der Waals surface area contributed by atoms with Gasteiger partial charge < -0.3 is 14.4 Å². The van der Waals surface area contributed by atoms with E-state index in [-0.39, 0.29) is 18.3 Å². The Morgan fingerprint density at radius 1 is 1.18 bits per heavy atom. The highest BCUT2D eigenvalue weighted by Crippen LogP contribution is 2.13. The third-order valence-corrected chi connectivity index (χ3v) is 3.12. The van der Waals surface area contributed by atoms with Gasteiger partial charge in [0.15, 0.2) is 0 Å². The number of carbonyl (C=O) groups excluding carboxylic acids is 2. The maximum atomic E-state index is 12.1. The molecule has 1 amide bonds. The smallest absolute Gasteiger partial charge is 0.307 e. The Hall–Kier alpha value is -2.30. The standard InChI is InChI=1S/C17H23NO4/c1-4-18(13-12-17(20)21-3)16(19)11-8-14-6-9-15(10-7-14)22-5-2/h6-11H,4-5,12-13H2,1-3H3/b11-8+. The molecule has 0 atom stereocenters. The molecule has 22 heavy (non-hydrogen) atoms. The fraction of sp³-hybridized carbons (Fsp3) is 0.412. The molecule has 5 heteroatoms. The van der Waals surface area contributed by atoms with E-state index >= 15 is 0 Å². The molecule has 0 heterocycles. The van der Waals surface area contributed by atoms with Crippen LogP contribution in [0.15, 0.2) is 30.3 Å². The number of hydrogen-bond donors (Lipinski definition) is 0. The number of methoxy groups -OCH3 is 1. The van der Waals surface area contributed by atoms with Crippen LogP contribution in [0.4, 0.5) is 0 Å². The number of nitrogens with zero attached hydrogens (tertiary/aromatic N) is 1. The highest BCUT2D eigenvalue weighted by Gasteiger charge is 2.10. The van der Waals surface area contributed by atoms with Crippen LogP contribution in [-0.2, 0) is 14.3 Å². The van der Waals surface area contributed by atoms with E-state index in [1.807, 2.05) is 38.1 Å². The zero-order valence-electron chi connectivity index (χ0n) is 13.4. The Morgan fingerprint density at radius 3 is 2.41 bits per heavy atom. The predicted molar refractivity (Wildman–Crippen MR) is 85.5 cm³/mol. The van der Waals surface area contributed by atoms with E-state index < -0.39 is 0 Å². The lowest BCUT2D eigenvalue weighted by Gasteiger charge is -2.18. The van der Waals surface area contributed by atoms with Crippen LogP contribution in [-0.4, -0.2) is 43.6 Å². The summed E-state index contributed by atoms with van der Waals surface area (Å²) in [6.07, 6.45) is 3.46. The second-order valence-corrected chi connectivity index (χ2v) is 4.58. The van der Waals surface area contributed by atoms with Gasteiger partial charge in [0.25, 0.3) is 0 Å². The summed E-state index contributed by atoms with van der Waals surface area (Å²) in [5.41, 5.74) is 0.917. The topological polar surface area (TPSA) is 55.8 Å². The molecule has 0 bridgehead atoms. The van der Waals surface area contributed by atoms with Crippen molar-refractivity contribution >= 4 is 18.0 Å². The van der Waals surface area contributed by atoms with Crippen LogP contribution in [0.1, 0.15) is 25.8 Å². The molecule has 5 nitrogen and oxygen atoms in total. The maximum absolute atomic E-state index is 12.1. The van der Waals surface area contributed by atoms with Crippen molar-refractivity contribution < 1.29 is 19.1 Å². The minimum absolute atomic E-state index is 0.125. The number of hydrogen-bond acceptors (Lipinski definition) is 4. The molecule has 1 aromatic rings. The van der Waals surface area contributed by atoms with E-state index in [0.717, 1.165) is 11.3 Å². The second-order valence-electron chi connectivity index (χ2n) is 4.58. The van der Waals surface area contributed by atoms with Crippen LogP contribution in [0.5, 0.6) is 5.75 Å². The summed E-state index contributed by atoms with van der Waals surface area (Å²) in [4.78, 5) is 24.8. The number of amides is 1. The van der Waals surface area contributed by atoms with Crippen LogP contribution in [0.3, 0.4) is 0 Å². The molecule has 120 valence electrons. The first-order valence-electron chi connectivity index (χ1n) is 7.37. The molecular weight excluding hydrogens is 282 g/mol. The third-order valence-electron chi connectivity index (χ3n) is 3.12. The van der Waals surface area contributed by atoms with Crippen molar-refractivity contribution in [2.45, 2.75) is 20.3 Å². The summed E-state index contributed by atoms with van der Waals surface area (Å²) >= 11 is 0. The van der Waals surface area contributed by atoms with Gasteiger partial charge >= 0.3 is 5.97 Å². The minimum Gasteiger partial charge on any atom is -0.494 e. The lowest BCUT2D eigenvalue weighted by molar-refractivity contribution is -0.141. The first kappa shape index (κ1) is 17.8. The molecule has 0 aliphatic carbocycles. The molecule has 0 spiro atoms. The van der Waals surface area contributed by atoms with Crippen LogP contribution in [0.25, 0.3) is 6.08 Å². The van der Waals surface area contributed by atoms with Gasteiger partial charge in [-0.05, 0) is 37.6 Å². The van der Waals surface area contributed by atoms with Crippen LogP contribution < -0.4 is 4.74 Å². The Balaban J connectivity index is 2.58. The Labute approximate surface area is 131 Å². The molecule has 0 N–H and O–H groups in total. The number of rotatable bonds is 8. The average molecular weight is 305 g/mol. The summed E-state index contributed by atoms with van der Waals surface area (Å²) in [5.74, 6) is 0.362. The van der Waals surface area contributed by atoms with Crippen molar-refractivity contribution in [2.24, 2.45) is 0 Å². The maximum Gasteiger partial charge on any atom is 0.307 e. The van der Waals surface area contributed by atoms with Crippen LogP contribution >= 0.6 is 0 Å². The molecule has 0 saturated carbocycles. The molecule has 0 aliphatic heterocycles. The zero-order chi connectivity index (χ0) is 16.4. The van der Waals surface area contributed by atoms with Crippen molar-refractivity contribution in [1.82, 2.24) is 4.90 Å². The predicted octanol–water partition coefficient (Wildman–Crippen LogP) is 2.51. The van der Waals surface area contributed by atoms with Crippen molar-refractivity contribution in [2.75, 3.05) is 26.8 Å². The molecule has 0 radical (unpaired) electrons. The van der Waals surface area contributed by atoms with Crippen molar-refractivity contribution in [3.8, 4) is 5.75 Å². The first-order chi connectivity index (χ1) is 10.6. The van der Waals surface area contributed by atoms with Gasteiger partial charge in [0.05, 0.1) is 20.1 Å². The van der Waals surface area contributed by atoms with Crippen molar-refractivity contribution in [3.05, 3.63) is 35.9 Å². The first-order valence-corrected chi connectivity index (χ1v) is 7.37. The largest absolute Gasteiger partial charge is 0.494 e. The van der Waals surface area contributed by atoms with Gasteiger partial charge in [0.1, 0.15) is 5.75 Å². The molecule has 0 saturated heterocycles. The van der Waals surface area contributed by atoms with Gasteiger partial charge in [-0.15, -0.1) is 0 Å². The Morgan fingerprint density at radius 2 is 1.86 bits per heavy atom. The number of ether oxygens (including phenoxy) is 2. The van der Waals surface area contributed by atoms with E-state index in [1.54, 1.807) is 11.0 Å². The van der Waals surface area contributed by atoms with E-state index in [1.165, 1.54) is 13.2 Å². The summed E-state index contributed by atoms with van der Waals surface area (Å²) in [6.45, 7) is 5.33.